The molecule has 2 atom stereocenters. The van der Waals surface area contributed by atoms with Gasteiger partial charge in [0.15, 0.2) is 5.11 Å². The highest BCUT2D eigenvalue weighted by Crippen LogP contribution is 2.44. The number of hydrogen-bond acceptors (Lipinski definition) is 5. The Hall–Kier alpha value is -3.41. The van der Waals surface area contributed by atoms with E-state index in [-0.39, 0.29) is 12.1 Å². The smallest absolute Gasteiger partial charge is 0.229 e. The molecule has 2 aromatic heterocycles. The zero-order valence-electron chi connectivity index (χ0n) is 20.0. The molecular formula is C26H24BrN5O3S2. The van der Waals surface area contributed by atoms with Crippen LogP contribution in [0.5, 0.6) is 5.75 Å². The molecule has 1 aliphatic heterocycles. The van der Waals surface area contributed by atoms with Gasteiger partial charge >= 0.3 is 0 Å². The molecule has 11 heteroatoms. The SMILES string of the molecule is COc1ccc(N2C(=S)N[C@H](c3ccccn3)[C@@H]2c2cccn2-c2cccc(Br)c2)cc1NS(C)(=O)=O. The monoisotopic (exact) mass is 597 g/mol. The van der Waals surface area contributed by atoms with E-state index in [0.29, 0.717) is 22.2 Å². The second-order valence-corrected chi connectivity index (χ2v) is 11.6. The number of sulfonamides is 1. The predicted octanol–water partition coefficient (Wildman–Crippen LogP) is 5.19. The summed E-state index contributed by atoms with van der Waals surface area (Å²) >= 11 is 9.42. The van der Waals surface area contributed by atoms with Crippen LogP contribution in [0.3, 0.4) is 0 Å². The van der Waals surface area contributed by atoms with Crippen molar-refractivity contribution < 1.29 is 13.2 Å². The van der Waals surface area contributed by atoms with E-state index in [2.05, 4.69) is 41.6 Å². The van der Waals surface area contributed by atoms with Gasteiger partial charge in [0, 0.05) is 33.9 Å². The Labute approximate surface area is 229 Å². The molecule has 0 aliphatic carbocycles. The lowest BCUT2D eigenvalue weighted by molar-refractivity contribution is 0.417. The summed E-state index contributed by atoms with van der Waals surface area (Å²) in [6.45, 7) is 0. The summed E-state index contributed by atoms with van der Waals surface area (Å²) in [7, 11) is -2.04. The first-order chi connectivity index (χ1) is 17.7. The van der Waals surface area contributed by atoms with E-state index < -0.39 is 10.0 Å². The zero-order chi connectivity index (χ0) is 26.2. The third-order valence-corrected chi connectivity index (χ3v) is 7.42. The minimum atomic E-state index is -3.54. The zero-order valence-corrected chi connectivity index (χ0v) is 23.2. The van der Waals surface area contributed by atoms with Gasteiger partial charge in [-0.15, -0.1) is 0 Å². The molecule has 1 fully saturated rings. The van der Waals surface area contributed by atoms with Crippen LogP contribution in [0.15, 0.2) is 89.7 Å². The number of ether oxygens (including phenoxy) is 1. The number of benzene rings is 2. The molecule has 0 bridgehead atoms. The first-order valence-electron chi connectivity index (χ1n) is 11.3. The first-order valence-corrected chi connectivity index (χ1v) is 14.4. The average molecular weight is 599 g/mol. The quantitative estimate of drug-likeness (QED) is 0.283. The molecule has 1 saturated heterocycles. The second kappa shape index (κ2) is 10.2. The van der Waals surface area contributed by atoms with E-state index >= 15 is 0 Å². The number of thiocarbonyl (C=S) groups is 1. The molecule has 2 aromatic carbocycles. The van der Waals surface area contributed by atoms with Crippen molar-refractivity contribution in [1.82, 2.24) is 14.9 Å². The summed E-state index contributed by atoms with van der Waals surface area (Å²) < 4.78 is 35.1. The Bertz CT molecular complexity index is 1560. The van der Waals surface area contributed by atoms with Crippen LogP contribution in [-0.2, 0) is 10.0 Å². The molecule has 37 heavy (non-hydrogen) atoms. The minimum Gasteiger partial charge on any atom is -0.495 e. The summed E-state index contributed by atoms with van der Waals surface area (Å²) in [6.07, 6.45) is 4.87. The Balaban J connectivity index is 1.67. The van der Waals surface area contributed by atoms with Crippen molar-refractivity contribution in [3.8, 4) is 11.4 Å². The van der Waals surface area contributed by atoms with Crippen LogP contribution in [0, 0.1) is 0 Å². The van der Waals surface area contributed by atoms with Crippen LogP contribution < -0.4 is 19.7 Å². The van der Waals surface area contributed by atoms with Gasteiger partial charge in [-0.2, -0.15) is 0 Å². The van der Waals surface area contributed by atoms with E-state index in [1.54, 1.807) is 18.3 Å². The van der Waals surface area contributed by atoms with Crippen molar-refractivity contribution in [2.45, 2.75) is 12.1 Å². The maximum atomic E-state index is 12.0. The highest BCUT2D eigenvalue weighted by atomic mass is 79.9. The number of methoxy groups -OCH3 is 1. The highest BCUT2D eigenvalue weighted by Gasteiger charge is 2.42. The molecular weight excluding hydrogens is 574 g/mol. The Kier molecular flexibility index (Phi) is 6.93. The largest absolute Gasteiger partial charge is 0.495 e. The van der Waals surface area contributed by atoms with Crippen LogP contribution >= 0.6 is 28.1 Å². The standard InChI is InChI=1S/C26H24BrN5O3S2/c1-35-23-12-11-19(16-21(23)30-37(2,33)34)32-25(24(29-26(32)36)20-9-3-4-13-28-20)22-10-6-14-31(22)18-8-5-7-17(27)15-18/h3-16,24-25,30H,1-2H3,(H,29,36)/t24-,25+/m1/s1. The number of nitrogens with zero attached hydrogens (tertiary/aromatic N) is 3. The lowest BCUT2D eigenvalue weighted by Crippen LogP contribution is -2.30. The van der Waals surface area contributed by atoms with E-state index in [4.69, 9.17) is 17.0 Å². The molecule has 8 nitrogen and oxygen atoms in total. The molecule has 5 rings (SSSR count). The summed E-state index contributed by atoms with van der Waals surface area (Å²) in [4.78, 5) is 6.61. The van der Waals surface area contributed by atoms with Crippen LogP contribution in [0.1, 0.15) is 23.5 Å². The van der Waals surface area contributed by atoms with Crippen LogP contribution in [-0.4, -0.2) is 36.4 Å². The van der Waals surface area contributed by atoms with Crippen molar-refractivity contribution >= 4 is 54.7 Å². The number of nitrogens with one attached hydrogen (secondary N) is 2. The number of rotatable bonds is 7. The van der Waals surface area contributed by atoms with Crippen molar-refractivity contribution in [2.24, 2.45) is 0 Å². The van der Waals surface area contributed by atoms with Crippen LogP contribution in [0.4, 0.5) is 11.4 Å². The lowest BCUT2D eigenvalue weighted by atomic mass is 10.0. The Morgan fingerprint density at radius 2 is 1.89 bits per heavy atom. The average Bonchev–Trinajstić information content (AvgIpc) is 3.48. The summed E-state index contributed by atoms with van der Waals surface area (Å²) in [5.41, 5.74) is 3.83. The lowest BCUT2D eigenvalue weighted by Gasteiger charge is -2.29. The molecule has 3 heterocycles. The van der Waals surface area contributed by atoms with Crippen molar-refractivity contribution in [2.75, 3.05) is 23.0 Å². The fraction of sp³-hybridized carbons (Fsp3) is 0.154. The Morgan fingerprint density at radius 3 is 2.59 bits per heavy atom. The third kappa shape index (κ3) is 5.20. The minimum absolute atomic E-state index is 0.261. The second-order valence-electron chi connectivity index (χ2n) is 8.54. The molecule has 0 unspecified atom stereocenters. The maximum Gasteiger partial charge on any atom is 0.229 e. The molecule has 190 valence electrons. The topological polar surface area (TPSA) is 88.5 Å². The molecule has 0 radical (unpaired) electrons. The van der Waals surface area contributed by atoms with E-state index in [9.17, 15) is 8.42 Å². The number of aromatic nitrogens is 2. The highest BCUT2D eigenvalue weighted by molar-refractivity contribution is 9.10. The number of pyridine rings is 1. The van der Waals surface area contributed by atoms with E-state index in [1.165, 1.54) is 7.11 Å². The van der Waals surface area contributed by atoms with Crippen molar-refractivity contribution in [1.29, 1.82) is 0 Å². The van der Waals surface area contributed by atoms with Gasteiger partial charge in [-0.05, 0) is 72.9 Å². The third-order valence-electron chi connectivity index (χ3n) is 6.02. The van der Waals surface area contributed by atoms with Gasteiger partial charge in [-0.1, -0.05) is 28.1 Å². The van der Waals surface area contributed by atoms with Crippen LogP contribution in [0.25, 0.3) is 5.69 Å². The van der Waals surface area contributed by atoms with Gasteiger partial charge < -0.3 is 19.5 Å². The van der Waals surface area contributed by atoms with Gasteiger partial charge in [-0.25, -0.2) is 8.42 Å². The summed E-state index contributed by atoms with van der Waals surface area (Å²) in [5, 5.41) is 3.94. The van der Waals surface area contributed by atoms with Crippen molar-refractivity contribution in [3.05, 3.63) is 101 Å². The molecule has 4 aromatic rings. The number of hydrogen-bond donors (Lipinski definition) is 2. The number of anilines is 2. The molecule has 1 aliphatic rings. The van der Waals surface area contributed by atoms with Gasteiger partial charge in [0.25, 0.3) is 0 Å². The fourth-order valence-electron chi connectivity index (χ4n) is 4.55. The molecule has 0 saturated carbocycles. The van der Waals surface area contributed by atoms with Gasteiger partial charge in [0.1, 0.15) is 11.8 Å². The number of halogens is 1. The predicted molar refractivity (Wildman–Crippen MR) is 153 cm³/mol. The van der Waals surface area contributed by atoms with Crippen LogP contribution in [0.2, 0.25) is 0 Å². The summed E-state index contributed by atoms with van der Waals surface area (Å²) in [6, 6.07) is 22.7. The van der Waals surface area contributed by atoms with Gasteiger partial charge in [0.2, 0.25) is 10.0 Å². The van der Waals surface area contributed by atoms with Gasteiger partial charge in [-0.3, -0.25) is 9.71 Å². The molecule has 0 amide bonds. The summed E-state index contributed by atoms with van der Waals surface area (Å²) in [5.74, 6) is 0.405. The van der Waals surface area contributed by atoms with E-state index in [1.807, 2.05) is 65.7 Å². The van der Waals surface area contributed by atoms with E-state index in [0.717, 1.165) is 27.8 Å². The molecule has 2 N–H and O–H groups in total. The van der Waals surface area contributed by atoms with Gasteiger partial charge in [0.05, 0.1) is 30.8 Å². The normalized spacial score (nSPS) is 17.5. The maximum absolute atomic E-state index is 12.0. The van der Waals surface area contributed by atoms with Crippen molar-refractivity contribution in [3.63, 3.8) is 0 Å². The first kappa shape index (κ1) is 25.2. The Morgan fingerprint density at radius 1 is 1.05 bits per heavy atom. The molecule has 0 spiro atoms. The fourth-order valence-corrected chi connectivity index (χ4v) is 5.85.